The number of amides is 1. The Kier molecular flexibility index (Phi) is 4.18. The van der Waals surface area contributed by atoms with Gasteiger partial charge >= 0.3 is 5.97 Å². The van der Waals surface area contributed by atoms with E-state index in [2.05, 4.69) is 5.32 Å². The standard InChI is InChI=1S/C15H13FN2O3/c16-12-7-10(14(17)19)4-5-13(12)18-8-9-2-1-3-11(6-9)15(20)21/h1-7,18H,8H2,(H2,17,19)(H,20,21). The third-order valence-electron chi connectivity index (χ3n) is 2.91. The maximum atomic E-state index is 13.8. The molecule has 0 heterocycles. The van der Waals surface area contributed by atoms with Crippen LogP contribution in [0.15, 0.2) is 42.5 Å². The summed E-state index contributed by atoms with van der Waals surface area (Å²) in [5.41, 5.74) is 6.23. The van der Waals surface area contributed by atoms with Gasteiger partial charge < -0.3 is 16.2 Å². The fourth-order valence-corrected chi connectivity index (χ4v) is 1.82. The molecule has 0 bridgehead atoms. The lowest BCUT2D eigenvalue weighted by atomic mass is 10.1. The van der Waals surface area contributed by atoms with E-state index < -0.39 is 17.7 Å². The average Bonchev–Trinajstić information content (AvgIpc) is 2.46. The van der Waals surface area contributed by atoms with E-state index >= 15 is 0 Å². The second-order valence-electron chi connectivity index (χ2n) is 4.42. The molecule has 1 amide bonds. The molecule has 2 aromatic carbocycles. The molecule has 0 aliphatic carbocycles. The Hall–Kier alpha value is -2.89. The highest BCUT2D eigenvalue weighted by Gasteiger charge is 2.07. The molecule has 0 aliphatic rings. The number of carboxylic acid groups (broad SMARTS) is 1. The van der Waals surface area contributed by atoms with Gasteiger partial charge in [-0.2, -0.15) is 0 Å². The summed E-state index contributed by atoms with van der Waals surface area (Å²) in [6.07, 6.45) is 0. The number of halogens is 1. The Bertz CT molecular complexity index is 701. The second-order valence-corrected chi connectivity index (χ2v) is 4.42. The van der Waals surface area contributed by atoms with Crippen LogP contribution in [0.1, 0.15) is 26.3 Å². The largest absolute Gasteiger partial charge is 0.478 e. The quantitative estimate of drug-likeness (QED) is 0.786. The van der Waals surface area contributed by atoms with E-state index in [-0.39, 0.29) is 23.4 Å². The van der Waals surface area contributed by atoms with Crippen molar-refractivity contribution in [2.45, 2.75) is 6.54 Å². The van der Waals surface area contributed by atoms with Crippen LogP contribution >= 0.6 is 0 Å². The number of nitrogens with two attached hydrogens (primary N) is 1. The number of primary amides is 1. The maximum Gasteiger partial charge on any atom is 0.335 e. The number of carbonyl (C=O) groups is 2. The lowest BCUT2D eigenvalue weighted by molar-refractivity contribution is 0.0696. The number of rotatable bonds is 5. The van der Waals surface area contributed by atoms with E-state index in [1.54, 1.807) is 12.1 Å². The first-order valence-corrected chi connectivity index (χ1v) is 6.13. The minimum atomic E-state index is -1.02. The van der Waals surface area contributed by atoms with Crippen LogP contribution in [0, 0.1) is 5.82 Å². The SMILES string of the molecule is NC(=O)c1ccc(NCc2cccc(C(=O)O)c2)c(F)c1. The van der Waals surface area contributed by atoms with Crippen molar-refractivity contribution in [2.75, 3.05) is 5.32 Å². The number of anilines is 1. The molecular formula is C15H13FN2O3. The molecule has 0 saturated carbocycles. The molecule has 0 spiro atoms. The van der Waals surface area contributed by atoms with Gasteiger partial charge in [-0.05, 0) is 35.9 Å². The topological polar surface area (TPSA) is 92.4 Å². The molecular weight excluding hydrogens is 275 g/mol. The average molecular weight is 288 g/mol. The van der Waals surface area contributed by atoms with E-state index in [1.165, 1.54) is 24.3 Å². The van der Waals surface area contributed by atoms with E-state index in [4.69, 9.17) is 10.8 Å². The first kappa shape index (κ1) is 14.5. The normalized spacial score (nSPS) is 10.1. The number of benzene rings is 2. The number of nitrogens with one attached hydrogen (secondary N) is 1. The Morgan fingerprint density at radius 3 is 2.52 bits per heavy atom. The van der Waals surface area contributed by atoms with Gasteiger partial charge in [0.2, 0.25) is 5.91 Å². The van der Waals surface area contributed by atoms with Crippen LogP contribution in [0.25, 0.3) is 0 Å². The van der Waals surface area contributed by atoms with Crippen LogP contribution in [0.3, 0.4) is 0 Å². The predicted molar refractivity (Wildman–Crippen MR) is 75.6 cm³/mol. The molecule has 2 rings (SSSR count). The summed E-state index contributed by atoms with van der Waals surface area (Å²) in [4.78, 5) is 21.8. The Morgan fingerprint density at radius 1 is 1.14 bits per heavy atom. The molecule has 6 heteroatoms. The number of aromatic carboxylic acids is 1. The van der Waals surface area contributed by atoms with Crippen LogP contribution in [-0.4, -0.2) is 17.0 Å². The van der Waals surface area contributed by atoms with Gasteiger partial charge in [-0.3, -0.25) is 4.79 Å². The molecule has 2 aromatic rings. The Balaban J connectivity index is 2.11. The summed E-state index contributed by atoms with van der Waals surface area (Å²) in [6.45, 7) is 0.258. The summed E-state index contributed by atoms with van der Waals surface area (Å²) in [7, 11) is 0. The first-order valence-electron chi connectivity index (χ1n) is 6.13. The van der Waals surface area contributed by atoms with Crippen molar-refractivity contribution in [3.05, 3.63) is 65.0 Å². The molecule has 5 nitrogen and oxygen atoms in total. The summed E-state index contributed by atoms with van der Waals surface area (Å²) in [6, 6.07) is 10.2. The zero-order chi connectivity index (χ0) is 15.4. The third-order valence-corrected chi connectivity index (χ3v) is 2.91. The van der Waals surface area contributed by atoms with Crippen molar-refractivity contribution in [1.82, 2.24) is 0 Å². The lowest BCUT2D eigenvalue weighted by Gasteiger charge is -2.09. The monoisotopic (exact) mass is 288 g/mol. The molecule has 0 unspecified atom stereocenters. The Morgan fingerprint density at radius 2 is 1.90 bits per heavy atom. The molecule has 108 valence electrons. The summed E-state index contributed by atoms with van der Waals surface area (Å²) >= 11 is 0. The van der Waals surface area contributed by atoms with Gasteiger partial charge in [0.05, 0.1) is 11.3 Å². The van der Waals surface area contributed by atoms with E-state index in [0.717, 1.165) is 6.07 Å². The predicted octanol–water partition coefficient (Wildman–Crippen LogP) is 2.23. The second kappa shape index (κ2) is 6.04. The summed E-state index contributed by atoms with van der Waals surface area (Å²) in [5, 5.41) is 11.7. The van der Waals surface area contributed by atoms with Crippen molar-refractivity contribution in [2.24, 2.45) is 5.73 Å². The summed E-state index contributed by atoms with van der Waals surface area (Å²) in [5.74, 6) is -2.32. The fourth-order valence-electron chi connectivity index (χ4n) is 1.82. The van der Waals surface area contributed by atoms with Gasteiger partial charge in [-0.1, -0.05) is 12.1 Å². The van der Waals surface area contributed by atoms with Crippen LogP contribution < -0.4 is 11.1 Å². The van der Waals surface area contributed by atoms with E-state index in [0.29, 0.717) is 5.56 Å². The van der Waals surface area contributed by atoms with Crippen molar-refractivity contribution in [3.8, 4) is 0 Å². The van der Waals surface area contributed by atoms with Crippen LogP contribution in [0.5, 0.6) is 0 Å². The lowest BCUT2D eigenvalue weighted by Crippen LogP contribution is -2.11. The van der Waals surface area contributed by atoms with Crippen molar-refractivity contribution >= 4 is 17.6 Å². The van der Waals surface area contributed by atoms with Gasteiger partial charge in [0.15, 0.2) is 0 Å². The number of carboxylic acids is 1. The van der Waals surface area contributed by atoms with Crippen molar-refractivity contribution in [1.29, 1.82) is 0 Å². The zero-order valence-corrected chi connectivity index (χ0v) is 11.0. The molecule has 0 saturated heterocycles. The molecule has 0 atom stereocenters. The highest BCUT2D eigenvalue weighted by Crippen LogP contribution is 2.17. The summed E-state index contributed by atoms with van der Waals surface area (Å²) < 4.78 is 13.8. The minimum absolute atomic E-state index is 0.0888. The van der Waals surface area contributed by atoms with E-state index in [1.807, 2.05) is 0 Å². The Labute approximate surface area is 120 Å². The highest BCUT2D eigenvalue weighted by atomic mass is 19.1. The van der Waals surface area contributed by atoms with Crippen molar-refractivity contribution in [3.63, 3.8) is 0 Å². The van der Waals surface area contributed by atoms with Crippen LogP contribution in [0.4, 0.5) is 10.1 Å². The van der Waals surface area contributed by atoms with Gasteiger partial charge in [0.1, 0.15) is 5.82 Å². The number of hydrogen-bond acceptors (Lipinski definition) is 3. The van der Waals surface area contributed by atoms with E-state index in [9.17, 15) is 14.0 Å². The fraction of sp³-hybridized carbons (Fsp3) is 0.0667. The third kappa shape index (κ3) is 3.56. The van der Waals surface area contributed by atoms with Crippen LogP contribution in [-0.2, 0) is 6.54 Å². The van der Waals surface area contributed by atoms with Gasteiger partial charge in [0.25, 0.3) is 0 Å². The molecule has 0 aromatic heterocycles. The zero-order valence-electron chi connectivity index (χ0n) is 11.0. The molecule has 0 radical (unpaired) electrons. The van der Waals surface area contributed by atoms with Gasteiger partial charge in [0, 0.05) is 12.1 Å². The van der Waals surface area contributed by atoms with Crippen molar-refractivity contribution < 1.29 is 19.1 Å². The smallest absolute Gasteiger partial charge is 0.335 e. The molecule has 0 fully saturated rings. The number of hydrogen-bond donors (Lipinski definition) is 3. The van der Waals surface area contributed by atoms with Gasteiger partial charge in [-0.25, -0.2) is 9.18 Å². The minimum Gasteiger partial charge on any atom is -0.478 e. The number of carbonyl (C=O) groups excluding carboxylic acids is 1. The molecule has 4 N–H and O–H groups in total. The first-order chi connectivity index (χ1) is 9.97. The maximum absolute atomic E-state index is 13.8. The highest BCUT2D eigenvalue weighted by molar-refractivity contribution is 5.93. The molecule has 0 aliphatic heterocycles. The molecule has 21 heavy (non-hydrogen) atoms. The van der Waals surface area contributed by atoms with Gasteiger partial charge in [-0.15, -0.1) is 0 Å². The van der Waals surface area contributed by atoms with Crippen LogP contribution in [0.2, 0.25) is 0 Å².